The van der Waals surface area contributed by atoms with E-state index in [0.29, 0.717) is 12.5 Å². The van der Waals surface area contributed by atoms with E-state index in [1.165, 1.54) is 0 Å². The van der Waals surface area contributed by atoms with E-state index in [9.17, 15) is 0 Å². The zero-order valence-electron chi connectivity index (χ0n) is 11.7. The average molecular weight is 252 g/mol. The van der Waals surface area contributed by atoms with Crippen molar-refractivity contribution in [3.63, 3.8) is 0 Å². The molecule has 0 aromatic carbocycles. The summed E-state index contributed by atoms with van der Waals surface area (Å²) in [6, 6.07) is 0.241. The van der Waals surface area contributed by atoms with Crippen molar-refractivity contribution in [1.29, 1.82) is 0 Å². The number of aromatic nitrogens is 2. The Labute approximate surface area is 109 Å². The Bertz CT molecular complexity index is 344. The van der Waals surface area contributed by atoms with Crippen LogP contribution in [0.2, 0.25) is 0 Å². The molecule has 0 amide bonds. The predicted octanol–water partition coefficient (Wildman–Crippen LogP) is 2.38. The molecule has 0 saturated carbocycles. The summed E-state index contributed by atoms with van der Waals surface area (Å²) >= 11 is 0. The van der Waals surface area contributed by atoms with Gasteiger partial charge in [0.05, 0.1) is 25.0 Å². The highest BCUT2D eigenvalue weighted by molar-refractivity contribution is 5.42. The smallest absolute Gasteiger partial charge is 0.147 e. The molecular weight excluding hydrogens is 228 g/mol. The molecule has 1 rings (SSSR count). The SMILES string of the molecule is CCCNc1cncc(NC(COC)C(C)C)n1. The van der Waals surface area contributed by atoms with Crippen molar-refractivity contribution in [2.75, 3.05) is 30.9 Å². The number of hydrogen-bond donors (Lipinski definition) is 2. The van der Waals surface area contributed by atoms with E-state index in [4.69, 9.17) is 4.74 Å². The highest BCUT2D eigenvalue weighted by Gasteiger charge is 2.13. The van der Waals surface area contributed by atoms with Gasteiger partial charge in [0, 0.05) is 13.7 Å². The number of nitrogens with zero attached hydrogens (tertiary/aromatic N) is 2. The minimum atomic E-state index is 0.241. The van der Waals surface area contributed by atoms with Crippen LogP contribution < -0.4 is 10.6 Å². The van der Waals surface area contributed by atoms with E-state index in [-0.39, 0.29) is 6.04 Å². The van der Waals surface area contributed by atoms with E-state index >= 15 is 0 Å². The molecule has 1 unspecified atom stereocenters. The third-order valence-electron chi connectivity index (χ3n) is 2.67. The van der Waals surface area contributed by atoms with Gasteiger partial charge < -0.3 is 15.4 Å². The van der Waals surface area contributed by atoms with Crippen LogP contribution in [-0.4, -0.2) is 36.3 Å². The van der Waals surface area contributed by atoms with Gasteiger partial charge in [0.25, 0.3) is 0 Å². The largest absolute Gasteiger partial charge is 0.383 e. The summed E-state index contributed by atoms with van der Waals surface area (Å²) in [6.07, 6.45) is 4.54. The second-order valence-electron chi connectivity index (χ2n) is 4.67. The number of ether oxygens (including phenoxy) is 1. The van der Waals surface area contributed by atoms with Crippen molar-refractivity contribution >= 4 is 11.6 Å². The Morgan fingerprint density at radius 1 is 1.28 bits per heavy atom. The summed E-state index contributed by atoms with van der Waals surface area (Å²) in [5, 5.41) is 6.58. The van der Waals surface area contributed by atoms with Crippen LogP contribution in [0.25, 0.3) is 0 Å². The summed E-state index contributed by atoms with van der Waals surface area (Å²) < 4.78 is 5.21. The first kappa shape index (κ1) is 14.7. The zero-order valence-corrected chi connectivity index (χ0v) is 11.7. The predicted molar refractivity (Wildman–Crippen MR) is 74.9 cm³/mol. The fourth-order valence-electron chi connectivity index (χ4n) is 1.54. The third kappa shape index (κ3) is 4.87. The van der Waals surface area contributed by atoms with Gasteiger partial charge in [0.1, 0.15) is 11.6 Å². The molecule has 5 nitrogen and oxygen atoms in total. The van der Waals surface area contributed by atoms with Gasteiger partial charge in [-0.05, 0) is 12.3 Å². The first-order chi connectivity index (χ1) is 8.67. The van der Waals surface area contributed by atoms with Crippen LogP contribution in [-0.2, 0) is 4.74 Å². The Morgan fingerprint density at radius 2 is 2.00 bits per heavy atom. The Kier molecular flexibility index (Phi) is 6.43. The van der Waals surface area contributed by atoms with Crippen molar-refractivity contribution < 1.29 is 4.74 Å². The molecule has 1 heterocycles. The molecule has 0 bridgehead atoms. The molecule has 2 N–H and O–H groups in total. The lowest BCUT2D eigenvalue weighted by atomic mass is 10.1. The maximum atomic E-state index is 5.21. The molecule has 0 radical (unpaired) electrons. The summed E-state index contributed by atoms with van der Waals surface area (Å²) in [4.78, 5) is 8.66. The summed E-state index contributed by atoms with van der Waals surface area (Å²) in [5.74, 6) is 2.06. The molecule has 1 atom stereocenters. The molecule has 0 aliphatic heterocycles. The third-order valence-corrected chi connectivity index (χ3v) is 2.67. The number of nitrogens with one attached hydrogen (secondary N) is 2. The second-order valence-corrected chi connectivity index (χ2v) is 4.67. The Morgan fingerprint density at radius 3 is 2.61 bits per heavy atom. The minimum absolute atomic E-state index is 0.241. The molecule has 18 heavy (non-hydrogen) atoms. The van der Waals surface area contributed by atoms with Crippen molar-refractivity contribution in [3.8, 4) is 0 Å². The van der Waals surface area contributed by atoms with Gasteiger partial charge in [-0.1, -0.05) is 20.8 Å². The minimum Gasteiger partial charge on any atom is -0.383 e. The lowest BCUT2D eigenvalue weighted by molar-refractivity contribution is 0.171. The second kappa shape index (κ2) is 7.87. The number of methoxy groups -OCH3 is 1. The molecule has 0 fully saturated rings. The van der Waals surface area contributed by atoms with Crippen molar-refractivity contribution in [1.82, 2.24) is 9.97 Å². The van der Waals surface area contributed by atoms with Gasteiger partial charge in [0.15, 0.2) is 0 Å². The average Bonchev–Trinajstić information content (AvgIpc) is 2.36. The van der Waals surface area contributed by atoms with Gasteiger partial charge in [-0.2, -0.15) is 0 Å². The molecule has 0 aliphatic carbocycles. The van der Waals surface area contributed by atoms with E-state index in [1.807, 2.05) is 0 Å². The molecule has 1 aromatic rings. The molecule has 0 aliphatic rings. The Balaban J connectivity index is 2.64. The fraction of sp³-hybridized carbons (Fsp3) is 0.692. The standard InChI is InChI=1S/C13H24N4O/c1-5-6-15-12-7-14-8-13(17-12)16-11(9-18-4)10(2)3/h7-8,10-11H,5-6,9H2,1-4H3,(H2,15,16,17). The zero-order chi connectivity index (χ0) is 13.4. The fourth-order valence-corrected chi connectivity index (χ4v) is 1.54. The number of anilines is 2. The van der Waals surface area contributed by atoms with Gasteiger partial charge in [-0.15, -0.1) is 0 Å². The van der Waals surface area contributed by atoms with E-state index in [2.05, 4.69) is 41.4 Å². The highest BCUT2D eigenvalue weighted by Crippen LogP contribution is 2.12. The van der Waals surface area contributed by atoms with Crippen LogP contribution in [0.15, 0.2) is 12.4 Å². The topological polar surface area (TPSA) is 59.1 Å². The van der Waals surface area contributed by atoms with Crippen LogP contribution in [0.1, 0.15) is 27.2 Å². The van der Waals surface area contributed by atoms with Crippen molar-refractivity contribution in [2.45, 2.75) is 33.2 Å². The maximum absolute atomic E-state index is 5.21. The lowest BCUT2D eigenvalue weighted by Gasteiger charge is -2.22. The number of rotatable bonds is 8. The monoisotopic (exact) mass is 252 g/mol. The summed E-state index contributed by atoms with van der Waals surface area (Å²) in [7, 11) is 1.71. The molecule has 1 aromatic heterocycles. The van der Waals surface area contributed by atoms with Gasteiger partial charge >= 0.3 is 0 Å². The molecular formula is C13H24N4O. The van der Waals surface area contributed by atoms with Crippen LogP contribution in [0.5, 0.6) is 0 Å². The lowest BCUT2D eigenvalue weighted by Crippen LogP contribution is -2.30. The van der Waals surface area contributed by atoms with Gasteiger partial charge in [0.2, 0.25) is 0 Å². The van der Waals surface area contributed by atoms with Crippen LogP contribution >= 0.6 is 0 Å². The van der Waals surface area contributed by atoms with Crippen molar-refractivity contribution in [3.05, 3.63) is 12.4 Å². The van der Waals surface area contributed by atoms with Crippen LogP contribution in [0, 0.1) is 5.92 Å². The number of hydrogen-bond acceptors (Lipinski definition) is 5. The molecule has 102 valence electrons. The molecule has 0 saturated heterocycles. The van der Waals surface area contributed by atoms with Gasteiger partial charge in [-0.3, -0.25) is 4.98 Å². The summed E-state index contributed by atoms with van der Waals surface area (Å²) in [6.45, 7) is 8.00. The normalized spacial score (nSPS) is 12.5. The van der Waals surface area contributed by atoms with E-state index in [0.717, 1.165) is 24.6 Å². The highest BCUT2D eigenvalue weighted by atomic mass is 16.5. The Hall–Kier alpha value is -1.36. The molecule has 5 heteroatoms. The van der Waals surface area contributed by atoms with Crippen LogP contribution in [0.3, 0.4) is 0 Å². The van der Waals surface area contributed by atoms with E-state index < -0.39 is 0 Å². The van der Waals surface area contributed by atoms with Crippen molar-refractivity contribution in [2.24, 2.45) is 5.92 Å². The van der Waals surface area contributed by atoms with Gasteiger partial charge in [-0.25, -0.2) is 4.98 Å². The van der Waals surface area contributed by atoms with E-state index in [1.54, 1.807) is 19.5 Å². The maximum Gasteiger partial charge on any atom is 0.147 e. The van der Waals surface area contributed by atoms with Crippen LogP contribution in [0.4, 0.5) is 11.6 Å². The molecule has 0 spiro atoms. The summed E-state index contributed by atoms with van der Waals surface area (Å²) in [5.41, 5.74) is 0. The quantitative estimate of drug-likeness (QED) is 0.744. The first-order valence-electron chi connectivity index (χ1n) is 6.48. The first-order valence-corrected chi connectivity index (χ1v) is 6.48.